The van der Waals surface area contributed by atoms with Crippen molar-refractivity contribution < 1.29 is 14.6 Å². The van der Waals surface area contributed by atoms with Crippen LogP contribution in [0.1, 0.15) is 42.4 Å². The molecule has 3 aromatic rings. The Bertz CT molecular complexity index is 1060. The first-order valence-corrected chi connectivity index (χ1v) is 11.1. The van der Waals surface area contributed by atoms with Crippen LogP contribution in [0.4, 0.5) is 11.4 Å². The second-order valence-corrected chi connectivity index (χ2v) is 8.15. The number of carbonyl (C=O) groups is 1. The molecule has 0 bridgehead atoms. The van der Waals surface area contributed by atoms with E-state index >= 15 is 0 Å². The molecule has 1 saturated carbocycles. The van der Waals surface area contributed by atoms with Crippen LogP contribution in [0.5, 0.6) is 5.75 Å². The van der Waals surface area contributed by atoms with E-state index in [-0.39, 0.29) is 6.42 Å². The second-order valence-electron chi connectivity index (χ2n) is 8.15. The molecule has 1 fully saturated rings. The molecule has 0 spiro atoms. The molecule has 0 saturated heterocycles. The fourth-order valence-electron chi connectivity index (χ4n) is 3.92. The number of aliphatic carboxylic acids is 1. The van der Waals surface area contributed by atoms with Crippen LogP contribution in [0.3, 0.4) is 0 Å². The zero-order valence-electron chi connectivity index (χ0n) is 18.0. The van der Waals surface area contributed by atoms with E-state index in [4.69, 9.17) is 9.84 Å². The molecule has 2 N–H and O–H groups in total. The van der Waals surface area contributed by atoms with E-state index in [0.29, 0.717) is 12.6 Å². The lowest BCUT2D eigenvalue weighted by molar-refractivity contribution is -0.136. The van der Waals surface area contributed by atoms with Gasteiger partial charge in [0.2, 0.25) is 0 Å². The Hall–Kier alpha value is -3.60. The van der Waals surface area contributed by atoms with Gasteiger partial charge in [0.05, 0.1) is 17.8 Å². The van der Waals surface area contributed by atoms with Gasteiger partial charge >= 0.3 is 5.97 Å². The lowest BCUT2D eigenvalue weighted by Crippen LogP contribution is -2.14. The Morgan fingerprint density at radius 2 is 1.75 bits per heavy atom. The van der Waals surface area contributed by atoms with Gasteiger partial charge in [-0.25, -0.2) is 0 Å². The van der Waals surface area contributed by atoms with Crippen molar-refractivity contribution in [1.82, 2.24) is 0 Å². The topological polar surface area (TPSA) is 70.9 Å². The van der Waals surface area contributed by atoms with Gasteiger partial charge in [-0.1, -0.05) is 49.2 Å². The quantitative estimate of drug-likeness (QED) is 0.410. The molecular weight excluding hydrogens is 400 g/mol. The van der Waals surface area contributed by atoms with Crippen LogP contribution in [-0.2, 0) is 17.8 Å². The van der Waals surface area contributed by atoms with Crippen molar-refractivity contribution in [1.29, 1.82) is 0 Å². The van der Waals surface area contributed by atoms with Crippen LogP contribution in [0.25, 0.3) is 0 Å². The number of nitrogens with one attached hydrogen (secondary N) is 1. The second kappa shape index (κ2) is 10.6. The van der Waals surface area contributed by atoms with Gasteiger partial charge in [-0.2, -0.15) is 0 Å². The monoisotopic (exact) mass is 428 g/mol. The third-order valence-electron chi connectivity index (χ3n) is 5.61. The Morgan fingerprint density at radius 3 is 2.47 bits per heavy atom. The molecule has 0 aromatic heterocycles. The van der Waals surface area contributed by atoms with Crippen LogP contribution in [0.15, 0.2) is 77.8 Å². The molecule has 4 rings (SSSR count). The van der Waals surface area contributed by atoms with Gasteiger partial charge in [-0.3, -0.25) is 9.79 Å². The largest absolute Gasteiger partial charge is 0.489 e. The van der Waals surface area contributed by atoms with Gasteiger partial charge < -0.3 is 15.2 Å². The highest BCUT2D eigenvalue weighted by molar-refractivity contribution is 5.84. The van der Waals surface area contributed by atoms with Crippen molar-refractivity contribution in [3.8, 4) is 5.75 Å². The maximum Gasteiger partial charge on any atom is 0.307 e. The Kier molecular flexibility index (Phi) is 7.18. The number of rotatable bonds is 9. The molecule has 0 aliphatic heterocycles. The van der Waals surface area contributed by atoms with Crippen molar-refractivity contribution in [3.63, 3.8) is 0 Å². The number of carboxylic acid groups (broad SMARTS) is 1. The van der Waals surface area contributed by atoms with Crippen LogP contribution < -0.4 is 10.1 Å². The predicted molar refractivity (Wildman–Crippen MR) is 128 cm³/mol. The van der Waals surface area contributed by atoms with Crippen molar-refractivity contribution >= 4 is 23.6 Å². The molecule has 0 unspecified atom stereocenters. The summed E-state index contributed by atoms with van der Waals surface area (Å²) in [7, 11) is 0. The third-order valence-corrected chi connectivity index (χ3v) is 5.61. The lowest BCUT2D eigenvalue weighted by Gasteiger charge is -2.16. The molecule has 1 aliphatic rings. The first-order valence-electron chi connectivity index (χ1n) is 11.1. The highest BCUT2D eigenvalue weighted by Gasteiger charge is 2.16. The fourth-order valence-corrected chi connectivity index (χ4v) is 3.92. The van der Waals surface area contributed by atoms with E-state index in [1.807, 2.05) is 72.8 Å². The van der Waals surface area contributed by atoms with Crippen molar-refractivity contribution in [3.05, 3.63) is 89.5 Å². The van der Waals surface area contributed by atoms with E-state index in [0.717, 1.165) is 46.7 Å². The predicted octanol–water partition coefficient (Wildman–Crippen LogP) is 6.00. The minimum absolute atomic E-state index is 0.0142. The van der Waals surface area contributed by atoms with Gasteiger partial charge in [0, 0.05) is 12.3 Å². The molecule has 1 aliphatic carbocycles. The Balaban J connectivity index is 1.46. The molecular formula is C27H28N2O3. The number of aliphatic imine (C=N–C) groups is 1. The minimum atomic E-state index is -0.845. The number of anilines is 1. The van der Waals surface area contributed by atoms with Crippen molar-refractivity contribution in [2.24, 2.45) is 4.99 Å². The van der Waals surface area contributed by atoms with Gasteiger partial charge in [0.25, 0.3) is 0 Å². The first-order chi connectivity index (χ1) is 15.7. The normalized spacial score (nSPS) is 14.0. The lowest BCUT2D eigenvalue weighted by atomic mass is 10.1. The van der Waals surface area contributed by atoms with Crippen molar-refractivity contribution in [2.45, 2.75) is 44.8 Å². The highest BCUT2D eigenvalue weighted by Crippen LogP contribution is 2.30. The summed E-state index contributed by atoms with van der Waals surface area (Å²) >= 11 is 0. The van der Waals surface area contributed by atoms with Gasteiger partial charge in [-0.05, 0) is 65.9 Å². The number of hydrogen-bond donors (Lipinski definition) is 2. The summed E-state index contributed by atoms with van der Waals surface area (Å²) < 4.78 is 5.85. The zero-order chi connectivity index (χ0) is 22.2. The van der Waals surface area contributed by atoms with Gasteiger partial charge in [0.1, 0.15) is 12.4 Å². The number of ether oxygens (including phenoxy) is 1. The maximum atomic E-state index is 11.1. The third kappa shape index (κ3) is 6.20. The highest BCUT2D eigenvalue weighted by atomic mass is 16.5. The summed E-state index contributed by atoms with van der Waals surface area (Å²) in [5.74, 6) is -0.0411. The molecule has 0 heterocycles. The average Bonchev–Trinajstić information content (AvgIpc) is 3.32. The maximum absolute atomic E-state index is 11.1. The minimum Gasteiger partial charge on any atom is -0.489 e. The molecule has 5 heteroatoms. The standard InChI is InChI=1S/C27H28N2O3/c30-27(31)17-22-12-15-25(29-23-8-4-5-9-23)26(16-22)28-18-20-10-13-24(14-11-20)32-19-21-6-2-1-3-7-21/h1-3,6-7,10-16,18,23,29H,4-5,8-9,17,19H2,(H,30,31). The summed E-state index contributed by atoms with van der Waals surface area (Å²) in [5.41, 5.74) is 4.53. The molecule has 0 atom stereocenters. The first kappa shape index (κ1) is 21.6. The van der Waals surface area contributed by atoms with E-state index in [1.165, 1.54) is 12.8 Å². The van der Waals surface area contributed by atoms with E-state index in [1.54, 1.807) is 6.21 Å². The van der Waals surface area contributed by atoms with Crippen LogP contribution >= 0.6 is 0 Å². The van der Waals surface area contributed by atoms with Crippen molar-refractivity contribution in [2.75, 3.05) is 5.32 Å². The number of hydrogen-bond acceptors (Lipinski definition) is 4. The summed E-state index contributed by atoms with van der Waals surface area (Å²) in [4.78, 5) is 15.8. The van der Waals surface area contributed by atoms with E-state index in [9.17, 15) is 4.79 Å². The van der Waals surface area contributed by atoms with Crippen LogP contribution in [0, 0.1) is 0 Å². The summed E-state index contributed by atoms with van der Waals surface area (Å²) in [6.07, 6.45) is 6.59. The van der Waals surface area contributed by atoms with Crippen LogP contribution in [-0.4, -0.2) is 23.3 Å². The van der Waals surface area contributed by atoms with Crippen LogP contribution in [0.2, 0.25) is 0 Å². The van der Waals surface area contributed by atoms with Gasteiger partial charge in [0.15, 0.2) is 0 Å². The smallest absolute Gasteiger partial charge is 0.307 e. The van der Waals surface area contributed by atoms with Gasteiger partial charge in [-0.15, -0.1) is 0 Å². The molecule has 3 aromatic carbocycles. The summed E-state index contributed by atoms with van der Waals surface area (Å²) in [5, 5.41) is 12.7. The fraction of sp³-hybridized carbons (Fsp3) is 0.259. The summed E-state index contributed by atoms with van der Waals surface area (Å²) in [6.45, 7) is 0.529. The zero-order valence-corrected chi connectivity index (χ0v) is 18.0. The molecule has 164 valence electrons. The molecule has 32 heavy (non-hydrogen) atoms. The number of carboxylic acids is 1. The van der Waals surface area contributed by atoms with E-state index in [2.05, 4.69) is 10.3 Å². The molecule has 5 nitrogen and oxygen atoms in total. The molecule has 0 radical (unpaired) electrons. The number of nitrogens with zero attached hydrogens (tertiary/aromatic N) is 1. The number of benzene rings is 3. The summed E-state index contributed by atoms with van der Waals surface area (Å²) in [6, 6.07) is 24.0. The SMILES string of the molecule is O=C(O)Cc1ccc(NC2CCCC2)c(N=Cc2ccc(OCc3ccccc3)cc2)c1. The Morgan fingerprint density at radius 1 is 1.00 bits per heavy atom. The molecule has 0 amide bonds. The van der Waals surface area contributed by atoms with E-state index < -0.39 is 5.97 Å². The average molecular weight is 429 g/mol. The Labute approximate surface area is 188 Å².